The third-order valence-corrected chi connectivity index (χ3v) is 3.98. The van der Waals surface area contributed by atoms with Crippen molar-refractivity contribution in [3.8, 4) is 17.2 Å². The van der Waals surface area contributed by atoms with Gasteiger partial charge in [0.2, 0.25) is 0 Å². The van der Waals surface area contributed by atoms with Crippen molar-refractivity contribution in [1.29, 1.82) is 0 Å². The first kappa shape index (κ1) is 20.6. The van der Waals surface area contributed by atoms with Gasteiger partial charge in [-0.3, -0.25) is 0 Å². The summed E-state index contributed by atoms with van der Waals surface area (Å²) in [5, 5.41) is 5.62. The van der Waals surface area contributed by atoms with E-state index in [4.69, 9.17) is 25.8 Å². The first-order valence-corrected chi connectivity index (χ1v) is 8.71. The van der Waals surface area contributed by atoms with Gasteiger partial charge in [-0.15, -0.1) is 0 Å². The highest BCUT2D eigenvalue weighted by molar-refractivity contribution is 6.32. The average molecular weight is 397 g/mol. The Labute approximate surface area is 162 Å². The maximum Gasteiger partial charge on any atom is 0.314 e. The summed E-state index contributed by atoms with van der Waals surface area (Å²) in [5.74, 6) is 1.25. The molecule has 0 heterocycles. The maximum atomic E-state index is 12.9. The van der Waals surface area contributed by atoms with Crippen LogP contribution in [0.1, 0.15) is 5.56 Å². The molecule has 0 aliphatic carbocycles. The van der Waals surface area contributed by atoms with Gasteiger partial charge < -0.3 is 24.8 Å². The van der Waals surface area contributed by atoms with Crippen molar-refractivity contribution in [2.75, 3.05) is 33.9 Å². The summed E-state index contributed by atoms with van der Waals surface area (Å²) in [6.07, 6.45) is 0.648. The van der Waals surface area contributed by atoms with E-state index in [2.05, 4.69) is 10.6 Å². The van der Waals surface area contributed by atoms with Crippen LogP contribution in [0.15, 0.2) is 36.4 Å². The van der Waals surface area contributed by atoms with Crippen molar-refractivity contribution >= 4 is 17.6 Å². The second-order valence-corrected chi connectivity index (χ2v) is 5.95. The van der Waals surface area contributed by atoms with Crippen molar-refractivity contribution < 1.29 is 23.4 Å². The van der Waals surface area contributed by atoms with Crippen LogP contribution in [0.3, 0.4) is 0 Å². The van der Waals surface area contributed by atoms with Gasteiger partial charge in [-0.25, -0.2) is 9.18 Å². The minimum absolute atomic E-state index is 0.189. The van der Waals surface area contributed by atoms with Crippen molar-refractivity contribution in [3.05, 3.63) is 52.8 Å². The SMILES string of the molecule is COc1ccc(CCNC(=O)NCCOc2ccc(F)cc2Cl)cc1OC. The number of carbonyl (C=O) groups excluding carboxylic acids is 1. The number of urea groups is 1. The fraction of sp³-hybridized carbons (Fsp3) is 0.316. The van der Waals surface area contributed by atoms with Gasteiger partial charge >= 0.3 is 6.03 Å². The fourth-order valence-corrected chi connectivity index (χ4v) is 2.56. The summed E-state index contributed by atoms with van der Waals surface area (Å²) >= 11 is 5.86. The molecule has 0 spiro atoms. The van der Waals surface area contributed by atoms with Gasteiger partial charge in [0.1, 0.15) is 18.2 Å². The second-order valence-electron chi connectivity index (χ2n) is 5.55. The molecule has 0 fully saturated rings. The molecule has 0 aliphatic heterocycles. The predicted octanol–water partition coefficient (Wildman–Crippen LogP) is 3.42. The van der Waals surface area contributed by atoms with Crippen LogP contribution in [-0.4, -0.2) is 39.9 Å². The van der Waals surface area contributed by atoms with Crippen LogP contribution in [0.5, 0.6) is 17.2 Å². The van der Waals surface area contributed by atoms with Gasteiger partial charge in [0, 0.05) is 6.54 Å². The highest BCUT2D eigenvalue weighted by Crippen LogP contribution is 2.27. The Bertz CT molecular complexity index is 773. The molecule has 2 N–H and O–H groups in total. The maximum absolute atomic E-state index is 12.9. The molecule has 2 amide bonds. The van der Waals surface area contributed by atoms with Crippen molar-refractivity contribution in [2.45, 2.75) is 6.42 Å². The monoisotopic (exact) mass is 396 g/mol. The zero-order valence-corrected chi connectivity index (χ0v) is 15.9. The van der Waals surface area contributed by atoms with Crippen LogP contribution in [-0.2, 0) is 6.42 Å². The normalized spacial score (nSPS) is 10.2. The lowest BCUT2D eigenvalue weighted by Crippen LogP contribution is -2.38. The quantitative estimate of drug-likeness (QED) is 0.637. The average Bonchev–Trinajstić information content (AvgIpc) is 2.66. The molecule has 146 valence electrons. The molecule has 0 saturated heterocycles. The molecule has 8 heteroatoms. The Morgan fingerprint density at radius 3 is 2.41 bits per heavy atom. The van der Waals surface area contributed by atoms with E-state index in [0.717, 1.165) is 5.56 Å². The number of carbonyl (C=O) groups is 1. The topological polar surface area (TPSA) is 68.8 Å². The number of nitrogens with one attached hydrogen (secondary N) is 2. The van der Waals surface area contributed by atoms with Crippen LogP contribution < -0.4 is 24.8 Å². The number of ether oxygens (including phenoxy) is 3. The summed E-state index contributed by atoms with van der Waals surface area (Å²) in [6, 6.07) is 9.19. The molecular formula is C19H22ClFN2O4. The number of amides is 2. The van der Waals surface area contributed by atoms with Gasteiger partial charge in [-0.2, -0.15) is 0 Å². The molecule has 0 radical (unpaired) electrons. The van der Waals surface area contributed by atoms with E-state index in [1.54, 1.807) is 14.2 Å². The molecule has 0 atom stereocenters. The van der Waals surface area contributed by atoms with Crippen molar-refractivity contribution in [1.82, 2.24) is 10.6 Å². The van der Waals surface area contributed by atoms with Crippen LogP contribution in [0.4, 0.5) is 9.18 Å². The Hall–Kier alpha value is -2.67. The summed E-state index contributed by atoms with van der Waals surface area (Å²) in [5.41, 5.74) is 1.02. The molecule has 0 unspecified atom stereocenters. The molecule has 2 aromatic carbocycles. The molecule has 6 nitrogen and oxygen atoms in total. The van der Waals surface area contributed by atoms with Gasteiger partial charge in [-0.1, -0.05) is 17.7 Å². The zero-order valence-electron chi connectivity index (χ0n) is 15.2. The first-order chi connectivity index (χ1) is 13.0. The third-order valence-electron chi connectivity index (χ3n) is 3.69. The van der Waals surface area contributed by atoms with Crippen LogP contribution in [0, 0.1) is 5.82 Å². The van der Waals surface area contributed by atoms with E-state index in [-0.39, 0.29) is 24.2 Å². The number of benzene rings is 2. The van der Waals surface area contributed by atoms with E-state index >= 15 is 0 Å². The fourth-order valence-electron chi connectivity index (χ4n) is 2.34. The number of rotatable bonds is 9. The Morgan fingerprint density at radius 1 is 1.00 bits per heavy atom. The Morgan fingerprint density at radius 2 is 1.70 bits per heavy atom. The van der Waals surface area contributed by atoms with Crippen LogP contribution >= 0.6 is 11.6 Å². The van der Waals surface area contributed by atoms with Crippen molar-refractivity contribution in [2.24, 2.45) is 0 Å². The van der Waals surface area contributed by atoms with Gasteiger partial charge in [0.05, 0.1) is 25.8 Å². The minimum Gasteiger partial charge on any atom is -0.493 e. The largest absolute Gasteiger partial charge is 0.493 e. The predicted molar refractivity (Wildman–Crippen MR) is 102 cm³/mol. The highest BCUT2D eigenvalue weighted by Gasteiger charge is 2.06. The van der Waals surface area contributed by atoms with E-state index in [0.29, 0.717) is 30.2 Å². The molecule has 0 aliphatic rings. The first-order valence-electron chi connectivity index (χ1n) is 8.34. The molecule has 0 bridgehead atoms. The van der Waals surface area contributed by atoms with Crippen LogP contribution in [0.25, 0.3) is 0 Å². The zero-order chi connectivity index (χ0) is 19.6. The van der Waals surface area contributed by atoms with Crippen molar-refractivity contribution in [3.63, 3.8) is 0 Å². The molecule has 2 aromatic rings. The summed E-state index contributed by atoms with van der Waals surface area (Å²) in [4.78, 5) is 11.8. The van der Waals surface area contributed by atoms with E-state index in [9.17, 15) is 9.18 Å². The Kier molecular flexibility index (Phi) is 8.00. The molecule has 2 rings (SSSR count). The lowest BCUT2D eigenvalue weighted by molar-refractivity contribution is 0.236. The van der Waals surface area contributed by atoms with Gasteiger partial charge in [0.15, 0.2) is 11.5 Å². The lowest BCUT2D eigenvalue weighted by atomic mass is 10.1. The number of methoxy groups -OCH3 is 2. The molecular weight excluding hydrogens is 375 g/mol. The lowest BCUT2D eigenvalue weighted by Gasteiger charge is -2.11. The van der Waals surface area contributed by atoms with Crippen LogP contribution in [0.2, 0.25) is 5.02 Å². The molecule has 0 aromatic heterocycles. The molecule has 0 saturated carbocycles. The van der Waals surface area contributed by atoms with Gasteiger partial charge in [0.25, 0.3) is 0 Å². The van der Waals surface area contributed by atoms with Gasteiger partial charge in [-0.05, 0) is 42.3 Å². The van der Waals surface area contributed by atoms with E-state index < -0.39 is 5.82 Å². The van der Waals surface area contributed by atoms with E-state index in [1.165, 1.54) is 18.2 Å². The highest BCUT2D eigenvalue weighted by atomic mass is 35.5. The summed E-state index contributed by atoms with van der Waals surface area (Å²) in [7, 11) is 3.16. The standard InChI is InChI=1S/C19H22ClFN2O4/c1-25-17-5-3-13(11-18(17)26-2)7-8-22-19(24)23-9-10-27-16-6-4-14(21)12-15(16)20/h3-6,11-12H,7-10H2,1-2H3,(H2,22,23,24). The number of hydrogen-bond donors (Lipinski definition) is 2. The second kappa shape index (κ2) is 10.5. The summed E-state index contributed by atoms with van der Waals surface area (Å²) < 4.78 is 28.8. The minimum atomic E-state index is -0.431. The Balaban J connectivity index is 1.66. The smallest absolute Gasteiger partial charge is 0.314 e. The number of halogens is 2. The third kappa shape index (κ3) is 6.53. The molecule has 27 heavy (non-hydrogen) atoms. The van der Waals surface area contributed by atoms with E-state index in [1.807, 2.05) is 18.2 Å². The number of hydrogen-bond acceptors (Lipinski definition) is 4. The summed E-state index contributed by atoms with van der Waals surface area (Å²) in [6.45, 7) is 0.969.